The number of benzene rings is 1. The van der Waals surface area contributed by atoms with Gasteiger partial charge in [-0.2, -0.15) is 13.2 Å². The summed E-state index contributed by atoms with van der Waals surface area (Å²) < 4.78 is 106. The molecule has 3 aromatic heterocycles. The van der Waals surface area contributed by atoms with Crippen LogP contribution < -0.4 is 4.74 Å². The summed E-state index contributed by atoms with van der Waals surface area (Å²) in [5.41, 5.74) is -0.487. The molecular formula is C21H14F6N4O3S. The summed E-state index contributed by atoms with van der Waals surface area (Å²) in [6, 6.07) is 7.88. The fourth-order valence-electron chi connectivity index (χ4n) is 3.16. The maximum atomic E-state index is 13.0. The standard InChI is InChI=1S/C21H14F6N4O3S/c1-2-35(32,33)16-9-13(12-3-6-15(7-4-12)34-21(25,26)27)10-28-18(16)19-29-17-8-5-14(20(22,23)24)11-31(17)30-19/h3-11H,2H2,1H3. The lowest BCUT2D eigenvalue weighted by molar-refractivity contribution is -0.274. The molecule has 3 heterocycles. The summed E-state index contributed by atoms with van der Waals surface area (Å²) in [5, 5.41) is 3.97. The Balaban J connectivity index is 1.79. The number of halogens is 6. The van der Waals surface area contributed by atoms with Crippen molar-refractivity contribution in [2.45, 2.75) is 24.4 Å². The molecule has 0 N–H and O–H groups in total. The number of hydrogen-bond donors (Lipinski definition) is 0. The second-order valence-corrected chi connectivity index (χ2v) is 9.45. The van der Waals surface area contributed by atoms with Crippen LogP contribution in [0.3, 0.4) is 0 Å². The Morgan fingerprint density at radius 3 is 2.26 bits per heavy atom. The molecule has 0 aliphatic rings. The van der Waals surface area contributed by atoms with E-state index in [0.29, 0.717) is 5.56 Å². The Morgan fingerprint density at radius 1 is 0.971 bits per heavy atom. The SMILES string of the molecule is CCS(=O)(=O)c1cc(-c2ccc(OC(F)(F)F)cc2)cnc1-c1nc2ccc(C(F)(F)F)cn2n1. The van der Waals surface area contributed by atoms with Crippen molar-refractivity contribution in [3.8, 4) is 28.4 Å². The quantitative estimate of drug-likeness (QED) is 0.340. The largest absolute Gasteiger partial charge is 0.573 e. The zero-order chi connectivity index (χ0) is 25.6. The highest BCUT2D eigenvalue weighted by atomic mass is 32.2. The van der Waals surface area contributed by atoms with Crippen LogP contribution >= 0.6 is 0 Å². The zero-order valence-corrected chi connectivity index (χ0v) is 18.4. The third-order valence-corrected chi connectivity index (χ3v) is 6.60. The van der Waals surface area contributed by atoms with E-state index in [1.807, 2.05) is 0 Å². The van der Waals surface area contributed by atoms with Gasteiger partial charge in [-0.1, -0.05) is 19.1 Å². The summed E-state index contributed by atoms with van der Waals surface area (Å²) in [5.74, 6) is -0.995. The molecule has 0 unspecified atom stereocenters. The molecule has 0 aliphatic heterocycles. The average Bonchev–Trinajstić information content (AvgIpc) is 3.21. The molecule has 0 bridgehead atoms. The average molecular weight is 516 g/mol. The van der Waals surface area contributed by atoms with E-state index in [-0.39, 0.29) is 33.4 Å². The summed E-state index contributed by atoms with van der Waals surface area (Å²) >= 11 is 0. The van der Waals surface area contributed by atoms with Crippen molar-refractivity contribution in [1.29, 1.82) is 0 Å². The fourth-order valence-corrected chi connectivity index (χ4v) is 4.22. The van der Waals surface area contributed by atoms with Crippen LogP contribution in [0.15, 0.2) is 59.8 Å². The molecule has 0 saturated heterocycles. The van der Waals surface area contributed by atoms with Crippen LogP contribution in [0.1, 0.15) is 12.5 Å². The zero-order valence-electron chi connectivity index (χ0n) is 17.6. The van der Waals surface area contributed by atoms with E-state index in [9.17, 15) is 34.8 Å². The van der Waals surface area contributed by atoms with Gasteiger partial charge in [0.25, 0.3) is 0 Å². The van der Waals surface area contributed by atoms with Crippen LogP contribution in [0.25, 0.3) is 28.3 Å². The molecule has 14 heteroatoms. The Kier molecular flexibility index (Phi) is 5.95. The van der Waals surface area contributed by atoms with Crippen LogP contribution in [0.4, 0.5) is 26.3 Å². The molecule has 4 rings (SSSR count). The molecule has 184 valence electrons. The molecule has 0 radical (unpaired) electrons. The monoisotopic (exact) mass is 516 g/mol. The number of hydrogen-bond acceptors (Lipinski definition) is 6. The van der Waals surface area contributed by atoms with E-state index >= 15 is 0 Å². The molecule has 0 aliphatic carbocycles. The second kappa shape index (κ2) is 8.52. The smallest absolute Gasteiger partial charge is 0.406 e. The highest BCUT2D eigenvalue weighted by molar-refractivity contribution is 7.91. The molecule has 7 nitrogen and oxygen atoms in total. The third kappa shape index (κ3) is 5.21. The maximum absolute atomic E-state index is 13.0. The second-order valence-electron chi connectivity index (χ2n) is 7.20. The van der Waals surface area contributed by atoms with Gasteiger partial charge in [-0.25, -0.2) is 17.9 Å². The minimum atomic E-state index is -4.87. The van der Waals surface area contributed by atoms with E-state index in [1.54, 1.807) is 0 Å². The number of ether oxygens (including phenoxy) is 1. The number of nitrogens with zero attached hydrogens (tertiary/aromatic N) is 4. The van der Waals surface area contributed by atoms with Crippen molar-refractivity contribution in [2.24, 2.45) is 0 Å². The van der Waals surface area contributed by atoms with Gasteiger partial charge in [0.15, 0.2) is 15.5 Å². The lowest BCUT2D eigenvalue weighted by Crippen LogP contribution is -2.16. The number of alkyl halides is 6. The van der Waals surface area contributed by atoms with E-state index in [2.05, 4.69) is 19.8 Å². The first-order chi connectivity index (χ1) is 16.3. The lowest BCUT2D eigenvalue weighted by Gasteiger charge is -2.11. The summed E-state index contributed by atoms with van der Waals surface area (Å²) in [7, 11) is -3.91. The summed E-state index contributed by atoms with van der Waals surface area (Å²) in [4.78, 5) is 7.96. The van der Waals surface area contributed by atoms with Crippen LogP contribution in [0, 0.1) is 0 Å². The van der Waals surface area contributed by atoms with E-state index in [0.717, 1.165) is 35.0 Å². The van der Waals surface area contributed by atoms with E-state index < -0.39 is 33.7 Å². The number of aromatic nitrogens is 4. The molecular weight excluding hydrogens is 502 g/mol. The van der Waals surface area contributed by atoms with Gasteiger partial charge in [-0.15, -0.1) is 18.3 Å². The molecule has 0 atom stereocenters. The van der Waals surface area contributed by atoms with Crippen LogP contribution in [0.5, 0.6) is 5.75 Å². The highest BCUT2D eigenvalue weighted by Gasteiger charge is 2.32. The van der Waals surface area contributed by atoms with E-state index in [4.69, 9.17) is 0 Å². The van der Waals surface area contributed by atoms with Crippen molar-refractivity contribution >= 4 is 15.5 Å². The molecule has 0 saturated carbocycles. The predicted molar refractivity (Wildman–Crippen MR) is 111 cm³/mol. The molecule has 35 heavy (non-hydrogen) atoms. The lowest BCUT2D eigenvalue weighted by atomic mass is 10.1. The molecule has 0 fully saturated rings. The first-order valence-corrected chi connectivity index (χ1v) is 11.4. The van der Waals surface area contributed by atoms with Crippen LogP contribution in [-0.4, -0.2) is 40.1 Å². The topological polar surface area (TPSA) is 86.5 Å². The molecule has 1 aromatic carbocycles. The fraction of sp³-hybridized carbons (Fsp3) is 0.190. The van der Waals surface area contributed by atoms with Crippen molar-refractivity contribution in [3.05, 3.63) is 60.4 Å². The Morgan fingerprint density at radius 2 is 1.66 bits per heavy atom. The van der Waals surface area contributed by atoms with E-state index in [1.165, 1.54) is 31.3 Å². The van der Waals surface area contributed by atoms with Gasteiger partial charge in [0.1, 0.15) is 11.4 Å². The Bertz CT molecular complexity index is 1500. The summed E-state index contributed by atoms with van der Waals surface area (Å²) in [6.45, 7) is 1.39. The van der Waals surface area contributed by atoms with Gasteiger partial charge in [0.2, 0.25) is 5.82 Å². The van der Waals surface area contributed by atoms with Gasteiger partial charge >= 0.3 is 12.5 Å². The minimum absolute atomic E-state index is 0.0407. The number of sulfone groups is 1. The predicted octanol–water partition coefficient (Wildman–Crippen LogP) is 5.17. The van der Waals surface area contributed by atoms with Crippen LogP contribution in [-0.2, 0) is 16.0 Å². The summed E-state index contributed by atoms with van der Waals surface area (Å²) in [6.07, 6.45) is -7.50. The molecule has 0 amide bonds. The first-order valence-electron chi connectivity index (χ1n) is 9.80. The Hall–Kier alpha value is -3.68. The normalized spacial score (nSPS) is 12.8. The number of rotatable bonds is 5. The minimum Gasteiger partial charge on any atom is -0.406 e. The van der Waals surface area contributed by atoms with Gasteiger partial charge in [0.05, 0.1) is 16.2 Å². The van der Waals surface area contributed by atoms with Crippen molar-refractivity contribution in [3.63, 3.8) is 0 Å². The maximum Gasteiger partial charge on any atom is 0.573 e. The Labute approximate surface area is 193 Å². The van der Waals surface area contributed by atoms with Gasteiger partial charge in [-0.05, 0) is 35.9 Å². The third-order valence-electron chi connectivity index (χ3n) is 4.86. The van der Waals surface area contributed by atoms with Crippen molar-refractivity contribution in [2.75, 3.05) is 5.75 Å². The molecule has 4 aromatic rings. The first kappa shape index (κ1) is 24.4. The van der Waals surface area contributed by atoms with Gasteiger partial charge in [0, 0.05) is 18.0 Å². The number of pyridine rings is 2. The van der Waals surface area contributed by atoms with Gasteiger partial charge < -0.3 is 4.74 Å². The van der Waals surface area contributed by atoms with Crippen molar-refractivity contribution in [1.82, 2.24) is 19.6 Å². The number of fused-ring (bicyclic) bond motifs is 1. The van der Waals surface area contributed by atoms with Crippen LogP contribution in [0.2, 0.25) is 0 Å². The molecule has 0 spiro atoms. The van der Waals surface area contributed by atoms with Crippen molar-refractivity contribution < 1.29 is 39.5 Å². The highest BCUT2D eigenvalue weighted by Crippen LogP contribution is 2.32. The van der Waals surface area contributed by atoms with Gasteiger partial charge in [-0.3, -0.25) is 4.98 Å².